The minimum absolute atomic E-state index is 0.0186. The predicted molar refractivity (Wildman–Crippen MR) is 72.4 cm³/mol. The molecule has 0 atom stereocenters. The van der Waals surface area contributed by atoms with Crippen molar-refractivity contribution in [3.63, 3.8) is 0 Å². The predicted octanol–water partition coefficient (Wildman–Crippen LogP) is 1.27. The number of ether oxygens (including phenoxy) is 1. The van der Waals surface area contributed by atoms with Crippen LogP contribution in [0.5, 0.6) is 0 Å². The van der Waals surface area contributed by atoms with Crippen LogP contribution in [0, 0.1) is 17.0 Å². The van der Waals surface area contributed by atoms with E-state index in [-0.39, 0.29) is 11.7 Å². The summed E-state index contributed by atoms with van der Waals surface area (Å²) in [6, 6.07) is 4.22. The van der Waals surface area contributed by atoms with Crippen molar-refractivity contribution in [1.82, 2.24) is 10.4 Å². The van der Waals surface area contributed by atoms with Crippen molar-refractivity contribution >= 4 is 17.4 Å². The highest BCUT2D eigenvalue weighted by atomic mass is 16.6. The lowest BCUT2D eigenvalue weighted by atomic mass is 10.1. The zero-order chi connectivity index (χ0) is 14.5. The van der Waals surface area contributed by atoms with Crippen LogP contribution in [0.25, 0.3) is 0 Å². The molecule has 108 valence electrons. The van der Waals surface area contributed by atoms with Crippen molar-refractivity contribution in [3.05, 3.63) is 33.9 Å². The molecule has 20 heavy (non-hydrogen) atoms. The lowest BCUT2D eigenvalue weighted by molar-refractivity contribution is -0.385. The highest BCUT2D eigenvalue weighted by Gasteiger charge is 2.19. The molecule has 1 fully saturated rings. The van der Waals surface area contributed by atoms with E-state index >= 15 is 0 Å². The summed E-state index contributed by atoms with van der Waals surface area (Å²) in [4.78, 5) is 22.5. The summed E-state index contributed by atoms with van der Waals surface area (Å²) in [5.74, 6) is 0. The molecular weight excluding hydrogens is 264 g/mol. The molecule has 1 saturated heterocycles. The number of carbonyl (C=O) groups excluding carboxylic acids is 1. The van der Waals surface area contributed by atoms with E-state index in [1.807, 2.05) is 0 Å². The van der Waals surface area contributed by atoms with Gasteiger partial charge in [0, 0.05) is 12.6 Å². The van der Waals surface area contributed by atoms with Crippen LogP contribution < -0.4 is 10.7 Å². The molecule has 1 aromatic carbocycles. The van der Waals surface area contributed by atoms with Gasteiger partial charge in [0.2, 0.25) is 0 Å². The number of nitro groups is 1. The molecule has 0 spiro atoms. The first-order valence-electron chi connectivity index (χ1n) is 6.23. The Kier molecular flexibility index (Phi) is 4.49. The quantitative estimate of drug-likeness (QED) is 0.628. The van der Waals surface area contributed by atoms with Crippen LogP contribution in [0.15, 0.2) is 18.2 Å². The fourth-order valence-corrected chi connectivity index (χ4v) is 1.90. The van der Waals surface area contributed by atoms with Gasteiger partial charge in [-0.3, -0.25) is 15.1 Å². The molecule has 8 heteroatoms. The zero-order valence-electron chi connectivity index (χ0n) is 11.1. The molecule has 2 rings (SSSR count). The van der Waals surface area contributed by atoms with Crippen LogP contribution in [0.2, 0.25) is 0 Å². The first kappa shape index (κ1) is 14.2. The van der Waals surface area contributed by atoms with Gasteiger partial charge in [0.1, 0.15) is 0 Å². The highest BCUT2D eigenvalue weighted by Crippen LogP contribution is 2.25. The Labute approximate surface area is 115 Å². The number of nitrogens with one attached hydrogen (secondary N) is 2. The smallest absolute Gasteiger partial charge is 0.336 e. The average molecular weight is 280 g/mol. The molecule has 0 radical (unpaired) electrons. The lowest BCUT2D eigenvalue weighted by Crippen LogP contribution is -2.46. The maximum atomic E-state index is 12.1. The van der Waals surface area contributed by atoms with E-state index in [1.165, 1.54) is 11.1 Å². The van der Waals surface area contributed by atoms with E-state index in [2.05, 4.69) is 10.7 Å². The molecule has 1 aliphatic rings. The number of anilines is 1. The summed E-state index contributed by atoms with van der Waals surface area (Å²) in [5.41, 5.74) is 3.76. The normalized spacial score (nSPS) is 15.6. The summed E-state index contributed by atoms with van der Waals surface area (Å²) in [7, 11) is 0. The van der Waals surface area contributed by atoms with Gasteiger partial charge in [-0.1, -0.05) is 6.07 Å². The van der Waals surface area contributed by atoms with Crippen LogP contribution >= 0.6 is 0 Å². The number of benzene rings is 1. The van der Waals surface area contributed by atoms with Gasteiger partial charge in [0.25, 0.3) is 5.69 Å². The fourth-order valence-electron chi connectivity index (χ4n) is 1.90. The number of hydrazine groups is 1. The Hall–Kier alpha value is -2.19. The highest BCUT2D eigenvalue weighted by molar-refractivity contribution is 5.90. The first-order chi connectivity index (χ1) is 9.59. The van der Waals surface area contributed by atoms with Crippen LogP contribution in [-0.2, 0) is 4.74 Å². The van der Waals surface area contributed by atoms with Crippen molar-refractivity contribution in [2.45, 2.75) is 6.92 Å². The van der Waals surface area contributed by atoms with Crippen LogP contribution in [-0.4, -0.2) is 42.3 Å². The summed E-state index contributed by atoms with van der Waals surface area (Å²) < 4.78 is 5.23. The molecule has 0 unspecified atom stereocenters. The van der Waals surface area contributed by atoms with Crippen LogP contribution in [0.4, 0.5) is 16.2 Å². The van der Waals surface area contributed by atoms with Gasteiger partial charge in [-0.25, -0.2) is 10.2 Å². The van der Waals surface area contributed by atoms with Gasteiger partial charge in [-0.05, 0) is 13.0 Å². The fraction of sp³-hybridized carbons (Fsp3) is 0.417. The van der Waals surface area contributed by atoms with Gasteiger partial charge in [0.05, 0.1) is 35.9 Å². The number of nitrogens with zero attached hydrogens (tertiary/aromatic N) is 2. The topological polar surface area (TPSA) is 96.7 Å². The van der Waals surface area contributed by atoms with Crippen molar-refractivity contribution in [1.29, 1.82) is 0 Å². The molecule has 0 bridgehead atoms. The van der Waals surface area contributed by atoms with Gasteiger partial charge >= 0.3 is 6.03 Å². The van der Waals surface area contributed by atoms with Crippen LogP contribution in [0.1, 0.15) is 5.56 Å². The Morgan fingerprint density at radius 3 is 3.05 bits per heavy atom. The largest absolute Gasteiger partial charge is 0.378 e. The zero-order valence-corrected chi connectivity index (χ0v) is 11.1. The van der Waals surface area contributed by atoms with Crippen molar-refractivity contribution in [2.24, 2.45) is 0 Å². The van der Waals surface area contributed by atoms with Crippen molar-refractivity contribution < 1.29 is 14.5 Å². The summed E-state index contributed by atoms with van der Waals surface area (Å²) in [6.45, 7) is 3.56. The Morgan fingerprint density at radius 1 is 1.50 bits per heavy atom. The standard InChI is InChI=1S/C12H16N4O4/c1-9-10(3-2-4-11(9)16(18)19)14-12(17)15-6-8-20-7-5-13-15/h2-4,13H,5-8H2,1H3,(H,14,17). The second kappa shape index (κ2) is 6.31. The molecule has 2 N–H and O–H groups in total. The summed E-state index contributed by atoms with van der Waals surface area (Å²) in [6.07, 6.45) is 0. The van der Waals surface area contributed by atoms with Crippen LogP contribution in [0.3, 0.4) is 0 Å². The molecular formula is C12H16N4O4. The third kappa shape index (κ3) is 3.22. The molecule has 0 aromatic heterocycles. The minimum atomic E-state index is -0.469. The van der Waals surface area contributed by atoms with Gasteiger partial charge < -0.3 is 10.1 Å². The number of hydrogen-bond donors (Lipinski definition) is 2. The number of nitro benzene ring substituents is 1. The second-order valence-corrected chi connectivity index (χ2v) is 4.31. The Balaban J connectivity index is 2.11. The third-order valence-electron chi connectivity index (χ3n) is 3.00. The number of urea groups is 1. The maximum Gasteiger partial charge on any atom is 0.336 e. The van der Waals surface area contributed by atoms with Crippen molar-refractivity contribution in [3.8, 4) is 0 Å². The summed E-state index contributed by atoms with van der Waals surface area (Å²) >= 11 is 0. The van der Waals surface area contributed by atoms with Gasteiger partial charge in [-0.2, -0.15) is 0 Å². The average Bonchev–Trinajstić information content (AvgIpc) is 2.69. The van der Waals surface area contributed by atoms with E-state index in [0.717, 1.165) is 0 Å². The monoisotopic (exact) mass is 280 g/mol. The molecule has 1 aliphatic heterocycles. The maximum absolute atomic E-state index is 12.1. The molecule has 1 heterocycles. The number of carbonyl (C=O) groups is 1. The van der Waals surface area contributed by atoms with E-state index in [1.54, 1.807) is 19.1 Å². The van der Waals surface area contributed by atoms with E-state index in [4.69, 9.17) is 4.74 Å². The van der Waals surface area contributed by atoms with E-state index < -0.39 is 4.92 Å². The molecule has 1 aromatic rings. The SMILES string of the molecule is Cc1c(NC(=O)N2CCOCCN2)cccc1[N+](=O)[O-]. The number of rotatable bonds is 2. The third-order valence-corrected chi connectivity index (χ3v) is 3.00. The molecule has 2 amide bonds. The minimum Gasteiger partial charge on any atom is -0.378 e. The molecule has 0 aliphatic carbocycles. The van der Waals surface area contributed by atoms with Gasteiger partial charge in [0.15, 0.2) is 0 Å². The lowest BCUT2D eigenvalue weighted by Gasteiger charge is -2.21. The Morgan fingerprint density at radius 2 is 2.30 bits per heavy atom. The van der Waals surface area contributed by atoms with Gasteiger partial charge in [-0.15, -0.1) is 0 Å². The van der Waals surface area contributed by atoms with E-state index in [0.29, 0.717) is 37.6 Å². The molecule has 8 nitrogen and oxygen atoms in total. The second-order valence-electron chi connectivity index (χ2n) is 4.31. The number of amides is 2. The molecule has 0 saturated carbocycles. The summed E-state index contributed by atoms with van der Waals surface area (Å²) in [5, 5.41) is 14.9. The van der Waals surface area contributed by atoms with E-state index in [9.17, 15) is 14.9 Å². The Bertz CT molecular complexity index is 512. The first-order valence-corrected chi connectivity index (χ1v) is 6.23. The van der Waals surface area contributed by atoms with Crippen molar-refractivity contribution in [2.75, 3.05) is 31.6 Å². The number of hydrogen-bond acceptors (Lipinski definition) is 5.